The van der Waals surface area contributed by atoms with E-state index in [0.717, 1.165) is 23.7 Å². The summed E-state index contributed by atoms with van der Waals surface area (Å²) in [7, 11) is 0. The van der Waals surface area contributed by atoms with E-state index >= 15 is 0 Å². The maximum atomic E-state index is 2.35. The molecular weight excluding hydrogens is 216 g/mol. The van der Waals surface area contributed by atoms with Gasteiger partial charge in [-0.15, -0.1) is 0 Å². The molecule has 0 aliphatic rings. The average Bonchev–Trinajstić information content (AvgIpc) is 2.12. The van der Waals surface area contributed by atoms with E-state index in [0.29, 0.717) is 0 Å². The number of hydrogen-bond acceptors (Lipinski definition) is 0. The molecule has 0 radical (unpaired) electrons. The Bertz CT molecular complexity index is 191. The van der Waals surface area contributed by atoms with Crippen molar-refractivity contribution in [3.63, 3.8) is 0 Å². The standard InChI is InChI=1S/C18H36/c1-13(2)9-17(10-14(3)4)18(11-15(5)6)12-16(7)8/h13-16H,9-12H2,1-8H3. The molecule has 0 aliphatic carbocycles. The van der Waals surface area contributed by atoms with Crippen LogP contribution in [0.15, 0.2) is 11.1 Å². The Hall–Kier alpha value is -0.260. The largest absolute Gasteiger partial charge is 0.0705 e. The highest BCUT2D eigenvalue weighted by molar-refractivity contribution is 5.16. The van der Waals surface area contributed by atoms with Gasteiger partial charge in [0.2, 0.25) is 0 Å². The summed E-state index contributed by atoms with van der Waals surface area (Å²) in [5, 5.41) is 0. The van der Waals surface area contributed by atoms with Gasteiger partial charge in [0.05, 0.1) is 0 Å². The van der Waals surface area contributed by atoms with Crippen LogP contribution in [0, 0.1) is 23.7 Å². The quantitative estimate of drug-likeness (QED) is 0.434. The van der Waals surface area contributed by atoms with Gasteiger partial charge in [0.25, 0.3) is 0 Å². The molecule has 0 saturated carbocycles. The molecule has 0 bridgehead atoms. The summed E-state index contributed by atoms with van der Waals surface area (Å²) in [6, 6.07) is 0. The maximum Gasteiger partial charge on any atom is -0.0294 e. The van der Waals surface area contributed by atoms with Gasteiger partial charge in [0.1, 0.15) is 0 Å². The van der Waals surface area contributed by atoms with E-state index in [9.17, 15) is 0 Å². The SMILES string of the molecule is CC(C)CC(CC(C)C)=C(CC(C)C)CC(C)C. The molecule has 0 aromatic rings. The van der Waals surface area contributed by atoms with Crippen LogP contribution in [0.1, 0.15) is 81.1 Å². The Balaban J connectivity index is 5.08. The summed E-state index contributed by atoms with van der Waals surface area (Å²) in [4.78, 5) is 0. The fourth-order valence-electron chi connectivity index (χ4n) is 2.72. The Labute approximate surface area is 116 Å². The lowest BCUT2D eigenvalue weighted by molar-refractivity contribution is 0.522. The van der Waals surface area contributed by atoms with E-state index in [4.69, 9.17) is 0 Å². The van der Waals surface area contributed by atoms with E-state index in [2.05, 4.69) is 55.4 Å². The molecular formula is C18H36. The van der Waals surface area contributed by atoms with Crippen molar-refractivity contribution in [2.75, 3.05) is 0 Å². The monoisotopic (exact) mass is 252 g/mol. The average molecular weight is 252 g/mol. The molecule has 0 heteroatoms. The Kier molecular flexibility index (Phi) is 8.65. The molecule has 108 valence electrons. The van der Waals surface area contributed by atoms with Crippen LogP contribution in [0.2, 0.25) is 0 Å². The van der Waals surface area contributed by atoms with Gasteiger partial charge in [0, 0.05) is 0 Å². The third-order valence-corrected chi connectivity index (χ3v) is 3.12. The van der Waals surface area contributed by atoms with Crippen LogP contribution in [-0.4, -0.2) is 0 Å². The lowest BCUT2D eigenvalue weighted by atomic mass is 9.84. The van der Waals surface area contributed by atoms with Gasteiger partial charge in [-0.2, -0.15) is 0 Å². The molecule has 0 amide bonds. The first-order valence-corrected chi connectivity index (χ1v) is 7.92. The maximum absolute atomic E-state index is 2.35. The van der Waals surface area contributed by atoms with Crippen LogP contribution < -0.4 is 0 Å². The van der Waals surface area contributed by atoms with Crippen LogP contribution in [0.25, 0.3) is 0 Å². The van der Waals surface area contributed by atoms with Crippen molar-refractivity contribution in [3.8, 4) is 0 Å². The first-order chi connectivity index (χ1) is 8.22. The molecule has 0 atom stereocenters. The van der Waals surface area contributed by atoms with Gasteiger partial charge in [-0.1, -0.05) is 66.5 Å². The minimum atomic E-state index is 0.785. The second-order valence-electron chi connectivity index (χ2n) is 7.60. The predicted molar refractivity (Wildman–Crippen MR) is 84.8 cm³/mol. The minimum Gasteiger partial charge on any atom is -0.0705 e. The normalized spacial score (nSPS) is 12.0. The summed E-state index contributed by atoms with van der Waals surface area (Å²) in [5.41, 5.74) is 3.53. The smallest absolute Gasteiger partial charge is 0.0294 e. The molecule has 0 saturated heterocycles. The fraction of sp³-hybridized carbons (Fsp3) is 0.889. The van der Waals surface area contributed by atoms with Crippen LogP contribution in [0.4, 0.5) is 0 Å². The third-order valence-electron chi connectivity index (χ3n) is 3.12. The molecule has 0 unspecified atom stereocenters. The van der Waals surface area contributed by atoms with E-state index < -0.39 is 0 Å². The molecule has 0 nitrogen and oxygen atoms in total. The topological polar surface area (TPSA) is 0 Å². The molecule has 0 spiro atoms. The highest BCUT2D eigenvalue weighted by Gasteiger charge is 2.13. The second kappa shape index (κ2) is 8.77. The van der Waals surface area contributed by atoms with E-state index in [-0.39, 0.29) is 0 Å². The van der Waals surface area contributed by atoms with Crippen molar-refractivity contribution in [3.05, 3.63) is 11.1 Å². The zero-order valence-corrected chi connectivity index (χ0v) is 14.1. The summed E-state index contributed by atoms with van der Waals surface area (Å²) < 4.78 is 0. The molecule has 0 aromatic heterocycles. The highest BCUT2D eigenvalue weighted by Crippen LogP contribution is 2.30. The minimum absolute atomic E-state index is 0.785. The predicted octanol–water partition coefficient (Wildman–Crippen LogP) is 6.47. The molecule has 0 heterocycles. The van der Waals surface area contributed by atoms with Crippen LogP contribution in [0.3, 0.4) is 0 Å². The lowest BCUT2D eigenvalue weighted by Gasteiger charge is -2.22. The third kappa shape index (κ3) is 8.78. The van der Waals surface area contributed by atoms with Crippen LogP contribution in [0.5, 0.6) is 0 Å². The Morgan fingerprint density at radius 2 is 0.611 bits per heavy atom. The van der Waals surface area contributed by atoms with Crippen molar-refractivity contribution < 1.29 is 0 Å². The summed E-state index contributed by atoms with van der Waals surface area (Å²) in [5.74, 6) is 3.14. The van der Waals surface area contributed by atoms with E-state index in [1.807, 2.05) is 0 Å². The molecule has 0 aromatic carbocycles. The van der Waals surface area contributed by atoms with Gasteiger partial charge in [-0.3, -0.25) is 0 Å². The molecule has 0 aliphatic heterocycles. The van der Waals surface area contributed by atoms with Gasteiger partial charge in [-0.25, -0.2) is 0 Å². The van der Waals surface area contributed by atoms with Crippen molar-refractivity contribution >= 4 is 0 Å². The second-order valence-corrected chi connectivity index (χ2v) is 7.60. The van der Waals surface area contributed by atoms with Gasteiger partial charge in [-0.05, 0) is 49.4 Å². The van der Waals surface area contributed by atoms with Crippen LogP contribution >= 0.6 is 0 Å². The van der Waals surface area contributed by atoms with Crippen LogP contribution in [-0.2, 0) is 0 Å². The number of rotatable bonds is 8. The van der Waals surface area contributed by atoms with Crippen molar-refractivity contribution in [1.29, 1.82) is 0 Å². The van der Waals surface area contributed by atoms with E-state index in [1.54, 1.807) is 11.1 Å². The van der Waals surface area contributed by atoms with Crippen molar-refractivity contribution in [2.24, 2.45) is 23.7 Å². The molecule has 18 heavy (non-hydrogen) atoms. The zero-order chi connectivity index (χ0) is 14.3. The van der Waals surface area contributed by atoms with E-state index in [1.165, 1.54) is 25.7 Å². The lowest BCUT2D eigenvalue weighted by Crippen LogP contribution is -2.06. The van der Waals surface area contributed by atoms with Gasteiger partial charge >= 0.3 is 0 Å². The summed E-state index contributed by atoms with van der Waals surface area (Å²) >= 11 is 0. The zero-order valence-electron chi connectivity index (χ0n) is 14.1. The highest BCUT2D eigenvalue weighted by atomic mass is 14.2. The molecule has 0 N–H and O–H groups in total. The van der Waals surface area contributed by atoms with Crippen molar-refractivity contribution in [2.45, 2.75) is 81.1 Å². The number of hydrogen-bond donors (Lipinski definition) is 0. The molecule has 0 fully saturated rings. The van der Waals surface area contributed by atoms with Gasteiger partial charge < -0.3 is 0 Å². The first-order valence-electron chi connectivity index (χ1n) is 7.92. The number of allylic oxidation sites excluding steroid dienone is 2. The van der Waals surface area contributed by atoms with Gasteiger partial charge in [0.15, 0.2) is 0 Å². The Morgan fingerprint density at radius 1 is 0.444 bits per heavy atom. The van der Waals surface area contributed by atoms with Crippen molar-refractivity contribution in [1.82, 2.24) is 0 Å². The Morgan fingerprint density at radius 3 is 0.722 bits per heavy atom. The first kappa shape index (κ1) is 17.7. The fourth-order valence-corrected chi connectivity index (χ4v) is 2.72. The summed E-state index contributed by atoms with van der Waals surface area (Å²) in [6.07, 6.45) is 5.19. The summed E-state index contributed by atoms with van der Waals surface area (Å²) in [6.45, 7) is 18.8. The molecule has 0 rings (SSSR count).